The van der Waals surface area contributed by atoms with Crippen LogP contribution in [0.1, 0.15) is 42.2 Å². The molecular weight excluding hydrogens is 250 g/mol. The Kier molecular flexibility index (Phi) is 5.35. The Balaban J connectivity index is 1.62. The maximum atomic E-state index is 11.3. The van der Waals surface area contributed by atoms with E-state index in [4.69, 9.17) is 0 Å². The number of nitrogens with one attached hydrogen (secondary N) is 1. The van der Waals surface area contributed by atoms with E-state index in [0.29, 0.717) is 5.69 Å². The average Bonchev–Trinajstić information content (AvgIpc) is 2.92. The van der Waals surface area contributed by atoms with Crippen molar-refractivity contribution in [3.8, 4) is 0 Å². The van der Waals surface area contributed by atoms with Crippen LogP contribution in [0.25, 0.3) is 0 Å². The summed E-state index contributed by atoms with van der Waals surface area (Å²) in [6.07, 6.45) is 7.81. The van der Waals surface area contributed by atoms with Crippen LogP contribution in [-0.2, 0) is 6.42 Å². The number of imidazole rings is 1. The fourth-order valence-electron chi connectivity index (χ4n) is 2.16. The number of carbonyl (C=O) groups is 1. The van der Waals surface area contributed by atoms with E-state index in [9.17, 15) is 4.79 Å². The highest BCUT2D eigenvalue weighted by atomic mass is 16.1. The summed E-state index contributed by atoms with van der Waals surface area (Å²) in [5.74, 6) is 0.0269. The van der Waals surface area contributed by atoms with Gasteiger partial charge < -0.3 is 5.43 Å². The first-order chi connectivity index (χ1) is 9.77. The maximum Gasteiger partial charge on any atom is 0.179 e. The predicted octanol–water partition coefficient (Wildman–Crippen LogP) is 3.04. The van der Waals surface area contributed by atoms with Gasteiger partial charge in [0, 0.05) is 13.5 Å². The smallest absolute Gasteiger partial charge is 0.179 e. The van der Waals surface area contributed by atoms with E-state index in [1.807, 2.05) is 6.07 Å². The van der Waals surface area contributed by atoms with E-state index in [2.05, 4.69) is 34.7 Å². The SMILES string of the molecule is CC(=O)c1cncn1NCCCCCc1ccccc1. The van der Waals surface area contributed by atoms with Gasteiger partial charge in [0.2, 0.25) is 0 Å². The van der Waals surface area contributed by atoms with Gasteiger partial charge in [-0.15, -0.1) is 0 Å². The van der Waals surface area contributed by atoms with E-state index in [1.165, 1.54) is 18.4 Å². The molecule has 1 heterocycles. The molecule has 0 aliphatic carbocycles. The van der Waals surface area contributed by atoms with Crippen molar-refractivity contribution in [3.05, 3.63) is 54.1 Å². The fraction of sp³-hybridized carbons (Fsp3) is 0.375. The van der Waals surface area contributed by atoms with Crippen molar-refractivity contribution >= 4 is 5.78 Å². The van der Waals surface area contributed by atoms with Gasteiger partial charge in [0.1, 0.15) is 12.0 Å². The molecule has 1 aromatic heterocycles. The van der Waals surface area contributed by atoms with Gasteiger partial charge in [-0.1, -0.05) is 36.8 Å². The first-order valence-electron chi connectivity index (χ1n) is 7.08. The Morgan fingerprint density at radius 3 is 2.75 bits per heavy atom. The highest BCUT2D eigenvalue weighted by Crippen LogP contribution is 2.06. The van der Waals surface area contributed by atoms with Gasteiger partial charge in [-0.3, -0.25) is 4.79 Å². The van der Waals surface area contributed by atoms with Gasteiger partial charge in [0.15, 0.2) is 5.78 Å². The van der Waals surface area contributed by atoms with Crippen LogP contribution >= 0.6 is 0 Å². The van der Waals surface area contributed by atoms with Gasteiger partial charge in [0.25, 0.3) is 0 Å². The van der Waals surface area contributed by atoms with Gasteiger partial charge in [-0.05, 0) is 24.8 Å². The number of aromatic nitrogens is 2. The molecule has 2 rings (SSSR count). The number of aryl methyl sites for hydroxylation is 1. The molecule has 0 aliphatic heterocycles. The van der Waals surface area contributed by atoms with Gasteiger partial charge in [-0.25, -0.2) is 9.66 Å². The minimum atomic E-state index is 0.0269. The number of unbranched alkanes of at least 4 members (excludes halogenated alkanes) is 2. The molecule has 4 nitrogen and oxygen atoms in total. The number of Topliss-reactive ketones (excluding diaryl/α,β-unsaturated/α-hetero) is 1. The topological polar surface area (TPSA) is 46.9 Å². The highest BCUT2D eigenvalue weighted by Gasteiger charge is 2.05. The van der Waals surface area contributed by atoms with Crippen molar-refractivity contribution in [2.45, 2.75) is 32.6 Å². The van der Waals surface area contributed by atoms with Crippen molar-refractivity contribution in [1.29, 1.82) is 0 Å². The summed E-state index contributed by atoms with van der Waals surface area (Å²) in [5.41, 5.74) is 5.21. The number of hydrogen-bond acceptors (Lipinski definition) is 3. The van der Waals surface area contributed by atoms with Crippen molar-refractivity contribution < 1.29 is 4.79 Å². The van der Waals surface area contributed by atoms with Crippen LogP contribution in [0.5, 0.6) is 0 Å². The van der Waals surface area contributed by atoms with Crippen LogP contribution in [0.4, 0.5) is 0 Å². The lowest BCUT2D eigenvalue weighted by Crippen LogP contribution is -2.19. The molecule has 0 radical (unpaired) electrons. The third kappa shape index (κ3) is 4.23. The first-order valence-corrected chi connectivity index (χ1v) is 7.08. The molecule has 0 amide bonds. The van der Waals surface area contributed by atoms with Crippen molar-refractivity contribution in [2.75, 3.05) is 12.0 Å². The summed E-state index contributed by atoms with van der Waals surface area (Å²) in [6.45, 7) is 2.40. The Labute approximate surface area is 119 Å². The van der Waals surface area contributed by atoms with Crippen molar-refractivity contribution in [1.82, 2.24) is 9.66 Å². The minimum Gasteiger partial charge on any atom is -0.324 e. The molecule has 106 valence electrons. The zero-order chi connectivity index (χ0) is 14.2. The molecule has 0 fully saturated rings. The van der Waals surface area contributed by atoms with E-state index in [1.54, 1.807) is 24.1 Å². The van der Waals surface area contributed by atoms with Crippen molar-refractivity contribution in [2.24, 2.45) is 0 Å². The highest BCUT2D eigenvalue weighted by molar-refractivity contribution is 5.92. The lowest BCUT2D eigenvalue weighted by molar-refractivity contribution is 0.101. The van der Waals surface area contributed by atoms with Gasteiger partial charge >= 0.3 is 0 Å². The van der Waals surface area contributed by atoms with Crippen LogP contribution in [0, 0.1) is 0 Å². The summed E-state index contributed by atoms with van der Waals surface area (Å²) in [4.78, 5) is 15.3. The summed E-state index contributed by atoms with van der Waals surface area (Å²) < 4.78 is 1.71. The van der Waals surface area contributed by atoms with E-state index >= 15 is 0 Å². The predicted molar refractivity (Wildman–Crippen MR) is 80.5 cm³/mol. The molecule has 1 aromatic carbocycles. The maximum absolute atomic E-state index is 11.3. The molecule has 0 saturated carbocycles. The standard InChI is InChI=1S/C16H21N3O/c1-14(20)16-12-17-13-19(16)18-11-7-3-6-10-15-8-4-2-5-9-15/h2,4-5,8-9,12-13,18H,3,6-7,10-11H2,1H3. The van der Waals surface area contributed by atoms with Crippen LogP contribution in [0.15, 0.2) is 42.9 Å². The zero-order valence-corrected chi connectivity index (χ0v) is 11.9. The summed E-state index contributed by atoms with van der Waals surface area (Å²) in [5, 5.41) is 0. The van der Waals surface area contributed by atoms with Gasteiger partial charge in [-0.2, -0.15) is 0 Å². The number of nitrogens with zero attached hydrogens (tertiary/aromatic N) is 2. The molecule has 1 N–H and O–H groups in total. The second kappa shape index (κ2) is 7.48. The quantitative estimate of drug-likeness (QED) is 0.593. The van der Waals surface area contributed by atoms with Crippen LogP contribution in [0.3, 0.4) is 0 Å². The Morgan fingerprint density at radius 1 is 1.20 bits per heavy atom. The number of rotatable bonds is 8. The molecule has 20 heavy (non-hydrogen) atoms. The largest absolute Gasteiger partial charge is 0.324 e. The van der Waals surface area contributed by atoms with Crippen molar-refractivity contribution in [3.63, 3.8) is 0 Å². The monoisotopic (exact) mass is 271 g/mol. The molecule has 0 aliphatic rings. The lowest BCUT2D eigenvalue weighted by atomic mass is 10.1. The van der Waals surface area contributed by atoms with E-state index < -0.39 is 0 Å². The molecule has 0 atom stereocenters. The number of carbonyl (C=O) groups excluding carboxylic acids is 1. The van der Waals surface area contributed by atoms with Crippen LogP contribution in [0.2, 0.25) is 0 Å². The molecule has 0 saturated heterocycles. The molecule has 2 aromatic rings. The first kappa shape index (κ1) is 14.3. The van der Waals surface area contributed by atoms with E-state index in [-0.39, 0.29) is 5.78 Å². The Morgan fingerprint density at radius 2 is 2.00 bits per heavy atom. The molecule has 0 spiro atoms. The number of ketones is 1. The second-order valence-corrected chi connectivity index (χ2v) is 4.91. The van der Waals surface area contributed by atoms with Gasteiger partial charge in [0.05, 0.1) is 6.20 Å². The molecule has 0 unspecified atom stereocenters. The third-order valence-electron chi connectivity index (χ3n) is 3.27. The average molecular weight is 271 g/mol. The van der Waals surface area contributed by atoms with Crippen LogP contribution in [-0.4, -0.2) is 22.0 Å². The summed E-state index contributed by atoms with van der Waals surface area (Å²) in [7, 11) is 0. The minimum absolute atomic E-state index is 0.0269. The van der Waals surface area contributed by atoms with E-state index in [0.717, 1.165) is 19.4 Å². The second-order valence-electron chi connectivity index (χ2n) is 4.91. The fourth-order valence-corrected chi connectivity index (χ4v) is 2.16. The summed E-state index contributed by atoms with van der Waals surface area (Å²) in [6, 6.07) is 10.6. The third-order valence-corrected chi connectivity index (χ3v) is 3.27. The normalized spacial score (nSPS) is 10.4. The molecular formula is C16H21N3O. The molecule has 0 bridgehead atoms. The number of hydrogen-bond donors (Lipinski definition) is 1. The lowest BCUT2D eigenvalue weighted by Gasteiger charge is -2.09. The van der Waals surface area contributed by atoms with Crippen LogP contribution < -0.4 is 5.43 Å². The summed E-state index contributed by atoms with van der Waals surface area (Å²) >= 11 is 0. The Bertz CT molecular complexity index is 534. The number of benzene rings is 1. The molecule has 4 heteroatoms. The Hall–Kier alpha value is -2.10. The zero-order valence-electron chi connectivity index (χ0n) is 11.9.